The molecule has 1 atom stereocenters. The summed E-state index contributed by atoms with van der Waals surface area (Å²) in [4.78, 5) is 27.7. The molecule has 2 aliphatic heterocycles. The topological polar surface area (TPSA) is 58.4 Å². The maximum absolute atomic E-state index is 12.4. The van der Waals surface area contributed by atoms with Crippen molar-refractivity contribution in [1.29, 1.82) is 0 Å². The quantitative estimate of drug-likeness (QED) is 0.817. The number of aromatic nitrogens is 2. The molecule has 3 rings (SSSR count). The molecule has 0 saturated carbocycles. The molecule has 0 aliphatic carbocycles. The zero-order valence-electron chi connectivity index (χ0n) is 11.8. The summed E-state index contributed by atoms with van der Waals surface area (Å²) in [5.41, 5.74) is 1.09. The molecule has 2 aliphatic rings. The number of nitrogens with zero attached hydrogens (tertiary/aromatic N) is 4. The van der Waals surface area contributed by atoms with Gasteiger partial charge in [-0.2, -0.15) is 5.10 Å². The fraction of sp³-hybridized carbons (Fsp3) is 0.643. The van der Waals surface area contributed by atoms with Gasteiger partial charge in [-0.1, -0.05) is 0 Å². The smallest absolute Gasteiger partial charge is 0.242 e. The Morgan fingerprint density at radius 2 is 2.25 bits per heavy atom. The lowest BCUT2D eigenvalue weighted by molar-refractivity contribution is -0.139. The number of carbonyl (C=O) groups excluding carboxylic acids is 2. The van der Waals surface area contributed by atoms with Crippen LogP contribution in [0.25, 0.3) is 0 Å². The largest absolute Gasteiger partial charge is 0.334 e. The third-order valence-electron chi connectivity index (χ3n) is 4.18. The number of amides is 2. The zero-order valence-corrected chi connectivity index (χ0v) is 11.8. The van der Waals surface area contributed by atoms with Gasteiger partial charge in [0.15, 0.2) is 0 Å². The van der Waals surface area contributed by atoms with E-state index in [0.29, 0.717) is 6.42 Å². The molecule has 1 aromatic heterocycles. The molecule has 108 valence electrons. The molecule has 2 saturated heterocycles. The molecule has 1 aromatic rings. The maximum atomic E-state index is 12.4. The van der Waals surface area contributed by atoms with Crippen LogP contribution in [0.3, 0.4) is 0 Å². The lowest BCUT2D eigenvalue weighted by Gasteiger charge is -2.26. The van der Waals surface area contributed by atoms with E-state index >= 15 is 0 Å². The Bertz CT molecular complexity index is 525. The number of carbonyl (C=O) groups is 2. The summed E-state index contributed by atoms with van der Waals surface area (Å²) < 4.78 is 1.76. The van der Waals surface area contributed by atoms with Gasteiger partial charge in [0.2, 0.25) is 11.8 Å². The zero-order chi connectivity index (χ0) is 14.1. The van der Waals surface area contributed by atoms with Crippen LogP contribution in [0, 0.1) is 0 Å². The van der Waals surface area contributed by atoms with E-state index in [4.69, 9.17) is 0 Å². The summed E-state index contributed by atoms with van der Waals surface area (Å²) in [5.74, 6) is 0.169. The van der Waals surface area contributed by atoms with Gasteiger partial charge in [-0.3, -0.25) is 14.3 Å². The molecule has 3 heterocycles. The van der Waals surface area contributed by atoms with Crippen LogP contribution in [-0.2, 0) is 16.6 Å². The molecule has 20 heavy (non-hydrogen) atoms. The van der Waals surface area contributed by atoms with Crippen LogP contribution in [-0.4, -0.2) is 51.0 Å². The second-order valence-electron chi connectivity index (χ2n) is 5.61. The molecule has 1 unspecified atom stereocenters. The average Bonchev–Trinajstić information content (AvgIpc) is 3.11. The van der Waals surface area contributed by atoms with E-state index in [2.05, 4.69) is 5.10 Å². The van der Waals surface area contributed by atoms with Gasteiger partial charge >= 0.3 is 0 Å². The Balaban J connectivity index is 1.68. The Kier molecular flexibility index (Phi) is 3.46. The summed E-state index contributed by atoms with van der Waals surface area (Å²) in [6.45, 7) is 1.73. The van der Waals surface area contributed by atoms with Gasteiger partial charge in [0, 0.05) is 38.3 Å². The first-order valence-electron chi connectivity index (χ1n) is 7.21. The van der Waals surface area contributed by atoms with E-state index in [1.165, 1.54) is 0 Å². The van der Waals surface area contributed by atoms with Crippen molar-refractivity contribution >= 4 is 11.8 Å². The summed E-state index contributed by atoms with van der Waals surface area (Å²) >= 11 is 0. The van der Waals surface area contributed by atoms with E-state index in [-0.39, 0.29) is 24.4 Å². The fourth-order valence-corrected chi connectivity index (χ4v) is 3.15. The van der Waals surface area contributed by atoms with Crippen LogP contribution < -0.4 is 0 Å². The first kappa shape index (κ1) is 13.1. The third kappa shape index (κ3) is 2.42. The van der Waals surface area contributed by atoms with Crippen LogP contribution >= 0.6 is 0 Å². The van der Waals surface area contributed by atoms with Crippen molar-refractivity contribution in [3.63, 3.8) is 0 Å². The summed E-state index contributed by atoms with van der Waals surface area (Å²) in [7, 11) is 1.88. The fourth-order valence-electron chi connectivity index (χ4n) is 3.15. The Hall–Kier alpha value is -1.85. The highest BCUT2D eigenvalue weighted by Crippen LogP contribution is 2.31. The molecule has 0 bridgehead atoms. The Morgan fingerprint density at radius 1 is 1.40 bits per heavy atom. The van der Waals surface area contributed by atoms with Gasteiger partial charge < -0.3 is 9.80 Å². The third-order valence-corrected chi connectivity index (χ3v) is 4.18. The van der Waals surface area contributed by atoms with Crippen LogP contribution in [0.4, 0.5) is 0 Å². The van der Waals surface area contributed by atoms with Gasteiger partial charge in [-0.05, 0) is 19.3 Å². The van der Waals surface area contributed by atoms with Gasteiger partial charge in [-0.15, -0.1) is 0 Å². The summed E-state index contributed by atoms with van der Waals surface area (Å²) in [6.07, 6.45) is 7.25. The number of hydrogen-bond donors (Lipinski definition) is 0. The van der Waals surface area contributed by atoms with E-state index in [9.17, 15) is 9.59 Å². The lowest BCUT2D eigenvalue weighted by atomic mass is 10.1. The highest BCUT2D eigenvalue weighted by Gasteiger charge is 2.32. The highest BCUT2D eigenvalue weighted by molar-refractivity contribution is 5.86. The molecule has 0 aromatic carbocycles. The first-order chi connectivity index (χ1) is 9.65. The second kappa shape index (κ2) is 5.26. The van der Waals surface area contributed by atoms with Crippen molar-refractivity contribution in [1.82, 2.24) is 19.6 Å². The minimum Gasteiger partial charge on any atom is -0.334 e. The van der Waals surface area contributed by atoms with Crippen molar-refractivity contribution in [2.24, 2.45) is 7.05 Å². The summed E-state index contributed by atoms with van der Waals surface area (Å²) in [6, 6.07) is 0.119. The first-order valence-corrected chi connectivity index (χ1v) is 7.21. The van der Waals surface area contributed by atoms with Crippen molar-refractivity contribution in [2.45, 2.75) is 31.7 Å². The van der Waals surface area contributed by atoms with Crippen molar-refractivity contribution in [3.8, 4) is 0 Å². The van der Waals surface area contributed by atoms with Gasteiger partial charge in [0.1, 0.15) is 0 Å². The second-order valence-corrected chi connectivity index (χ2v) is 5.61. The van der Waals surface area contributed by atoms with E-state index in [0.717, 1.165) is 37.9 Å². The van der Waals surface area contributed by atoms with Crippen LogP contribution in [0.1, 0.15) is 37.3 Å². The van der Waals surface area contributed by atoms with E-state index in [1.807, 2.05) is 24.3 Å². The van der Waals surface area contributed by atoms with Crippen LogP contribution in [0.15, 0.2) is 12.4 Å². The molecule has 6 nitrogen and oxygen atoms in total. The normalized spacial score (nSPS) is 22.9. The summed E-state index contributed by atoms with van der Waals surface area (Å²) in [5, 5.41) is 4.18. The molecule has 2 fully saturated rings. The van der Waals surface area contributed by atoms with Gasteiger partial charge in [-0.25, -0.2) is 0 Å². The SMILES string of the molecule is Cn1cc(C2CCCN2C(=O)CN2CCCC2=O)cn1. The minimum atomic E-state index is 0.0617. The number of aryl methyl sites for hydroxylation is 1. The van der Waals surface area contributed by atoms with E-state index in [1.54, 1.807) is 9.58 Å². The predicted octanol–water partition coefficient (Wildman–Crippen LogP) is 0.706. The average molecular weight is 276 g/mol. The monoisotopic (exact) mass is 276 g/mol. The molecule has 2 amide bonds. The minimum absolute atomic E-state index is 0.0617. The van der Waals surface area contributed by atoms with Crippen molar-refractivity contribution in [3.05, 3.63) is 18.0 Å². The predicted molar refractivity (Wildman–Crippen MR) is 72.7 cm³/mol. The number of rotatable bonds is 3. The number of likely N-dealkylation sites (tertiary alicyclic amines) is 2. The Morgan fingerprint density at radius 3 is 2.90 bits per heavy atom. The van der Waals surface area contributed by atoms with Crippen molar-refractivity contribution in [2.75, 3.05) is 19.6 Å². The van der Waals surface area contributed by atoms with Crippen LogP contribution in [0.5, 0.6) is 0 Å². The van der Waals surface area contributed by atoms with Crippen LogP contribution in [0.2, 0.25) is 0 Å². The molecule has 0 spiro atoms. The van der Waals surface area contributed by atoms with Gasteiger partial charge in [0.25, 0.3) is 0 Å². The number of hydrogen-bond acceptors (Lipinski definition) is 3. The molecular weight excluding hydrogens is 256 g/mol. The van der Waals surface area contributed by atoms with Gasteiger partial charge in [0.05, 0.1) is 18.8 Å². The molecular formula is C14H20N4O2. The van der Waals surface area contributed by atoms with E-state index < -0.39 is 0 Å². The standard InChI is InChI=1S/C14H20N4O2/c1-16-9-11(8-15-16)12-4-2-7-18(12)14(20)10-17-6-3-5-13(17)19/h8-9,12H,2-7,10H2,1H3. The molecule has 6 heteroatoms. The molecule has 0 N–H and O–H groups in total. The molecule has 0 radical (unpaired) electrons. The van der Waals surface area contributed by atoms with Crippen molar-refractivity contribution < 1.29 is 9.59 Å². The Labute approximate surface area is 118 Å². The highest BCUT2D eigenvalue weighted by atomic mass is 16.2. The lowest BCUT2D eigenvalue weighted by Crippen LogP contribution is -2.40. The maximum Gasteiger partial charge on any atom is 0.242 e.